The van der Waals surface area contributed by atoms with Crippen LogP contribution in [0.25, 0.3) is 4.96 Å². The second-order valence-electron chi connectivity index (χ2n) is 4.12. The Labute approximate surface area is 113 Å². The van der Waals surface area contributed by atoms with Gasteiger partial charge in [0.25, 0.3) is 0 Å². The Kier molecular flexibility index (Phi) is 3.14. The minimum Gasteiger partial charge on any atom is -0.398 e. The molecule has 2 aromatic heterocycles. The first-order valence-electron chi connectivity index (χ1n) is 5.80. The summed E-state index contributed by atoms with van der Waals surface area (Å²) in [6, 6.07) is 7.80. The molecule has 0 aliphatic heterocycles. The second-order valence-corrected chi connectivity index (χ2v) is 5.16. The molecule has 2 N–H and O–H groups in total. The molecule has 0 atom stereocenters. The highest BCUT2D eigenvalue weighted by molar-refractivity contribution is 7.16. The van der Waals surface area contributed by atoms with E-state index in [2.05, 4.69) is 15.3 Å². The summed E-state index contributed by atoms with van der Waals surface area (Å²) in [7, 11) is 1.62. The predicted octanol–water partition coefficient (Wildman–Crippen LogP) is 1.51. The first-order chi connectivity index (χ1) is 9.28. The normalized spacial score (nSPS) is 11.2. The molecule has 0 spiro atoms. The highest BCUT2D eigenvalue weighted by atomic mass is 32.1. The molecule has 98 valence electrons. The average Bonchev–Trinajstić information content (AvgIpc) is 2.94. The van der Waals surface area contributed by atoms with Crippen LogP contribution in [0.5, 0.6) is 0 Å². The molecule has 0 aliphatic carbocycles. The Hall–Kier alpha value is -1.99. The van der Waals surface area contributed by atoms with Crippen molar-refractivity contribution in [3.8, 4) is 0 Å². The van der Waals surface area contributed by atoms with E-state index in [-0.39, 0.29) is 0 Å². The SMILES string of the molecule is COCc1nnc2sc(Cc3ccccc3N)nn12. The fourth-order valence-electron chi connectivity index (χ4n) is 1.85. The Bertz CT molecular complexity index is 705. The monoisotopic (exact) mass is 275 g/mol. The number of benzene rings is 1. The molecule has 0 radical (unpaired) electrons. The molecule has 0 unspecified atom stereocenters. The number of nitrogen functional groups attached to an aromatic ring is 1. The van der Waals surface area contributed by atoms with Crippen LogP contribution in [0, 0.1) is 0 Å². The number of aromatic nitrogens is 4. The molecule has 0 saturated heterocycles. The summed E-state index contributed by atoms with van der Waals surface area (Å²) in [6.45, 7) is 0.401. The molecule has 7 heteroatoms. The summed E-state index contributed by atoms with van der Waals surface area (Å²) in [5.74, 6) is 0.709. The smallest absolute Gasteiger partial charge is 0.234 e. The number of nitrogens with two attached hydrogens (primary N) is 1. The third kappa shape index (κ3) is 2.29. The van der Waals surface area contributed by atoms with Crippen LogP contribution in [-0.4, -0.2) is 26.9 Å². The van der Waals surface area contributed by atoms with Crippen molar-refractivity contribution in [3.63, 3.8) is 0 Å². The Morgan fingerprint density at radius 2 is 2.16 bits per heavy atom. The first-order valence-corrected chi connectivity index (χ1v) is 6.62. The first kappa shape index (κ1) is 12.1. The summed E-state index contributed by atoms with van der Waals surface area (Å²) in [5, 5.41) is 13.6. The summed E-state index contributed by atoms with van der Waals surface area (Å²) in [5.41, 5.74) is 7.79. The molecule has 19 heavy (non-hydrogen) atoms. The fraction of sp³-hybridized carbons (Fsp3) is 0.250. The minimum atomic E-state index is 0.401. The van der Waals surface area contributed by atoms with E-state index in [1.165, 1.54) is 11.3 Å². The summed E-state index contributed by atoms with van der Waals surface area (Å²) >= 11 is 1.51. The molecule has 3 rings (SSSR count). The standard InChI is InChI=1S/C12H13N5OS/c1-18-7-10-14-15-12-17(10)16-11(19-12)6-8-4-2-3-5-9(8)13/h2-5H,6-7,13H2,1H3. The van der Waals surface area contributed by atoms with Crippen LogP contribution in [0.1, 0.15) is 16.4 Å². The van der Waals surface area contributed by atoms with Gasteiger partial charge in [-0.15, -0.1) is 10.2 Å². The lowest BCUT2D eigenvalue weighted by molar-refractivity contribution is 0.176. The fourth-order valence-corrected chi connectivity index (χ4v) is 2.72. The van der Waals surface area contributed by atoms with E-state index in [4.69, 9.17) is 10.5 Å². The maximum Gasteiger partial charge on any atom is 0.234 e. The van der Waals surface area contributed by atoms with E-state index in [9.17, 15) is 0 Å². The molecule has 2 heterocycles. The van der Waals surface area contributed by atoms with E-state index in [1.807, 2.05) is 24.3 Å². The number of fused-ring (bicyclic) bond motifs is 1. The topological polar surface area (TPSA) is 78.3 Å². The van der Waals surface area contributed by atoms with Gasteiger partial charge in [-0.2, -0.15) is 9.61 Å². The minimum absolute atomic E-state index is 0.401. The Morgan fingerprint density at radius 1 is 1.32 bits per heavy atom. The highest BCUT2D eigenvalue weighted by Crippen LogP contribution is 2.20. The number of hydrogen-bond donors (Lipinski definition) is 1. The quantitative estimate of drug-likeness (QED) is 0.730. The van der Waals surface area contributed by atoms with Crippen LogP contribution in [0.4, 0.5) is 5.69 Å². The van der Waals surface area contributed by atoms with Crippen LogP contribution in [0.2, 0.25) is 0 Å². The lowest BCUT2D eigenvalue weighted by atomic mass is 10.1. The molecule has 0 fully saturated rings. The number of para-hydroxylation sites is 1. The number of rotatable bonds is 4. The Morgan fingerprint density at radius 3 is 2.95 bits per heavy atom. The summed E-state index contributed by atoms with van der Waals surface area (Å²) in [4.78, 5) is 0.775. The molecule has 6 nitrogen and oxygen atoms in total. The highest BCUT2D eigenvalue weighted by Gasteiger charge is 2.12. The van der Waals surface area contributed by atoms with Crippen molar-refractivity contribution in [1.29, 1.82) is 0 Å². The number of hydrogen-bond acceptors (Lipinski definition) is 6. The van der Waals surface area contributed by atoms with Crippen molar-refractivity contribution in [2.45, 2.75) is 13.0 Å². The van der Waals surface area contributed by atoms with Gasteiger partial charge in [-0.25, -0.2) is 0 Å². The summed E-state index contributed by atoms with van der Waals surface area (Å²) in [6.07, 6.45) is 0.702. The van der Waals surface area contributed by atoms with E-state index >= 15 is 0 Å². The van der Waals surface area contributed by atoms with Gasteiger partial charge in [0.15, 0.2) is 5.82 Å². The van der Waals surface area contributed by atoms with Gasteiger partial charge in [0.1, 0.15) is 11.6 Å². The molecular weight excluding hydrogens is 262 g/mol. The van der Waals surface area contributed by atoms with Gasteiger partial charge < -0.3 is 10.5 Å². The van der Waals surface area contributed by atoms with Gasteiger partial charge in [-0.1, -0.05) is 29.5 Å². The van der Waals surface area contributed by atoms with Crippen molar-refractivity contribution in [3.05, 3.63) is 40.7 Å². The summed E-state index contributed by atoms with van der Waals surface area (Å²) < 4.78 is 6.79. The number of nitrogens with zero attached hydrogens (tertiary/aromatic N) is 4. The van der Waals surface area contributed by atoms with Crippen molar-refractivity contribution >= 4 is 22.0 Å². The van der Waals surface area contributed by atoms with Crippen LogP contribution < -0.4 is 5.73 Å². The zero-order chi connectivity index (χ0) is 13.2. The van der Waals surface area contributed by atoms with Gasteiger partial charge >= 0.3 is 0 Å². The number of anilines is 1. The molecule has 0 amide bonds. The van der Waals surface area contributed by atoms with Crippen molar-refractivity contribution < 1.29 is 4.74 Å². The Balaban J connectivity index is 1.92. The molecule has 0 aliphatic rings. The van der Waals surface area contributed by atoms with Crippen molar-refractivity contribution in [2.24, 2.45) is 0 Å². The molecule has 0 saturated carbocycles. The van der Waals surface area contributed by atoms with Gasteiger partial charge in [0, 0.05) is 19.2 Å². The van der Waals surface area contributed by atoms with Crippen molar-refractivity contribution in [2.75, 3.05) is 12.8 Å². The molecule has 3 aromatic rings. The number of ether oxygens (including phenoxy) is 1. The third-order valence-electron chi connectivity index (χ3n) is 2.77. The van der Waals surface area contributed by atoms with Gasteiger partial charge in [0.2, 0.25) is 4.96 Å². The maximum atomic E-state index is 5.94. The average molecular weight is 275 g/mol. The van der Waals surface area contributed by atoms with Gasteiger partial charge in [-0.3, -0.25) is 0 Å². The predicted molar refractivity (Wildman–Crippen MR) is 73.0 cm³/mol. The van der Waals surface area contributed by atoms with Crippen LogP contribution >= 0.6 is 11.3 Å². The van der Waals surface area contributed by atoms with Crippen LogP contribution in [-0.2, 0) is 17.8 Å². The van der Waals surface area contributed by atoms with Crippen molar-refractivity contribution in [1.82, 2.24) is 19.8 Å². The third-order valence-corrected chi connectivity index (χ3v) is 3.67. The van der Waals surface area contributed by atoms with Gasteiger partial charge in [-0.05, 0) is 11.6 Å². The second kappa shape index (κ2) is 4.94. The lowest BCUT2D eigenvalue weighted by Gasteiger charge is -2.01. The van der Waals surface area contributed by atoms with Gasteiger partial charge in [0.05, 0.1) is 0 Å². The van der Waals surface area contributed by atoms with E-state index in [0.29, 0.717) is 18.9 Å². The maximum absolute atomic E-state index is 5.94. The van der Waals surface area contributed by atoms with Crippen LogP contribution in [0.3, 0.4) is 0 Å². The zero-order valence-corrected chi connectivity index (χ0v) is 11.2. The largest absolute Gasteiger partial charge is 0.398 e. The molecular formula is C12H13N5OS. The molecule has 0 bridgehead atoms. The number of methoxy groups -OCH3 is 1. The molecule has 1 aromatic carbocycles. The van der Waals surface area contributed by atoms with E-state index in [1.54, 1.807) is 11.6 Å². The van der Waals surface area contributed by atoms with E-state index in [0.717, 1.165) is 21.2 Å². The van der Waals surface area contributed by atoms with Crippen LogP contribution in [0.15, 0.2) is 24.3 Å². The zero-order valence-electron chi connectivity index (χ0n) is 10.4. The van der Waals surface area contributed by atoms with E-state index < -0.39 is 0 Å². The lowest BCUT2D eigenvalue weighted by Crippen LogP contribution is -1.99.